The lowest BCUT2D eigenvalue weighted by molar-refractivity contribution is -0.255. The van der Waals surface area contributed by atoms with Crippen LogP contribution in [-0.2, 0) is 0 Å². The first-order chi connectivity index (χ1) is 9.56. The van der Waals surface area contributed by atoms with Crippen molar-refractivity contribution < 1.29 is 9.90 Å². The molecule has 0 atom stereocenters. The summed E-state index contributed by atoms with van der Waals surface area (Å²) in [5.41, 5.74) is 5.30. The van der Waals surface area contributed by atoms with E-state index in [9.17, 15) is 9.90 Å². The molecule has 102 valence electrons. The zero-order valence-corrected chi connectivity index (χ0v) is 11.5. The maximum Gasteiger partial charge on any atom is 0.0731 e. The SMILES string of the molecule is Cc1cccc(/C=N\Nc2ccc(Cl)c(C(=O)[O-])c2)c1. The van der Waals surface area contributed by atoms with E-state index in [1.807, 2.05) is 31.2 Å². The second kappa shape index (κ2) is 6.21. The smallest absolute Gasteiger partial charge is 0.0731 e. The molecule has 0 spiro atoms. The maximum absolute atomic E-state index is 10.8. The number of aromatic carboxylic acids is 1. The predicted molar refractivity (Wildman–Crippen MR) is 78.2 cm³/mol. The Morgan fingerprint density at radius 3 is 2.80 bits per heavy atom. The molecule has 0 aliphatic rings. The van der Waals surface area contributed by atoms with Crippen LogP contribution in [0.2, 0.25) is 5.02 Å². The number of hydrazone groups is 1. The molecular weight excluding hydrogens is 276 g/mol. The van der Waals surface area contributed by atoms with Crippen LogP contribution in [0.4, 0.5) is 5.69 Å². The second-order valence-electron chi connectivity index (χ2n) is 4.27. The number of anilines is 1. The van der Waals surface area contributed by atoms with Crippen molar-refractivity contribution in [1.82, 2.24) is 0 Å². The average molecular weight is 288 g/mol. The summed E-state index contributed by atoms with van der Waals surface area (Å²) in [7, 11) is 0. The first-order valence-electron chi connectivity index (χ1n) is 5.93. The number of benzene rings is 2. The largest absolute Gasteiger partial charge is 0.545 e. The van der Waals surface area contributed by atoms with E-state index in [-0.39, 0.29) is 10.6 Å². The third-order valence-corrected chi connectivity index (χ3v) is 2.97. The molecule has 1 N–H and O–H groups in total. The van der Waals surface area contributed by atoms with Crippen molar-refractivity contribution in [2.75, 3.05) is 5.43 Å². The molecule has 0 aliphatic carbocycles. The van der Waals surface area contributed by atoms with Crippen LogP contribution in [0.3, 0.4) is 0 Å². The first-order valence-corrected chi connectivity index (χ1v) is 6.31. The highest BCUT2D eigenvalue weighted by Crippen LogP contribution is 2.19. The molecule has 2 rings (SSSR count). The molecule has 0 radical (unpaired) electrons. The van der Waals surface area contributed by atoms with E-state index in [2.05, 4.69) is 10.5 Å². The number of halogens is 1. The summed E-state index contributed by atoms with van der Waals surface area (Å²) in [5.74, 6) is -1.32. The van der Waals surface area contributed by atoms with Crippen molar-refractivity contribution in [3.63, 3.8) is 0 Å². The van der Waals surface area contributed by atoms with E-state index in [0.29, 0.717) is 5.69 Å². The van der Waals surface area contributed by atoms with Gasteiger partial charge in [-0.1, -0.05) is 41.4 Å². The van der Waals surface area contributed by atoms with Crippen molar-refractivity contribution in [2.24, 2.45) is 5.10 Å². The highest BCUT2D eigenvalue weighted by Gasteiger charge is 2.02. The van der Waals surface area contributed by atoms with Gasteiger partial charge in [0, 0.05) is 10.6 Å². The van der Waals surface area contributed by atoms with E-state index in [4.69, 9.17) is 11.6 Å². The van der Waals surface area contributed by atoms with Crippen LogP contribution in [0.25, 0.3) is 0 Å². The van der Waals surface area contributed by atoms with E-state index in [0.717, 1.165) is 11.1 Å². The highest BCUT2D eigenvalue weighted by atomic mass is 35.5. The quantitative estimate of drug-likeness (QED) is 0.694. The lowest BCUT2D eigenvalue weighted by Crippen LogP contribution is -2.22. The summed E-state index contributed by atoms with van der Waals surface area (Å²) in [6.07, 6.45) is 1.65. The summed E-state index contributed by atoms with van der Waals surface area (Å²) < 4.78 is 0. The predicted octanol–water partition coefficient (Wildman–Crippen LogP) is 2.46. The van der Waals surface area contributed by atoms with Crippen molar-refractivity contribution in [3.05, 3.63) is 64.2 Å². The molecule has 2 aromatic rings. The molecule has 0 saturated carbocycles. The Balaban J connectivity index is 2.11. The Bertz CT molecular complexity index is 669. The van der Waals surface area contributed by atoms with Crippen molar-refractivity contribution in [3.8, 4) is 0 Å². The molecule has 0 amide bonds. The number of hydrogen-bond donors (Lipinski definition) is 1. The lowest BCUT2D eigenvalue weighted by Gasteiger charge is -2.07. The second-order valence-corrected chi connectivity index (χ2v) is 4.67. The van der Waals surface area contributed by atoms with Crippen LogP contribution in [-0.4, -0.2) is 12.2 Å². The van der Waals surface area contributed by atoms with Crippen molar-refractivity contribution in [1.29, 1.82) is 0 Å². The summed E-state index contributed by atoms with van der Waals surface area (Å²) in [6, 6.07) is 12.3. The molecule has 0 saturated heterocycles. The normalized spacial score (nSPS) is 10.7. The van der Waals surface area contributed by atoms with Gasteiger partial charge in [-0.3, -0.25) is 5.43 Å². The Labute approximate surface area is 121 Å². The van der Waals surface area contributed by atoms with Crippen LogP contribution in [0.15, 0.2) is 47.6 Å². The van der Waals surface area contributed by atoms with Gasteiger partial charge in [-0.2, -0.15) is 5.10 Å². The molecule has 2 aromatic carbocycles. The fourth-order valence-corrected chi connectivity index (χ4v) is 1.88. The number of carboxylic acids is 1. The van der Waals surface area contributed by atoms with Crippen LogP contribution in [0, 0.1) is 6.92 Å². The number of nitrogens with one attached hydrogen (secondary N) is 1. The minimum Gasteiger partial charge on any atom is -0.545 e. The van der Waals surface area contributed by atoms with E-state index in [1.54, 1.807) is 12.3 Å². The van der Waals surface area contributed by atoms with Crippen LogP contribution >= 0.6 is 11.6 Å². The van der Waals surface area contributed by atoms with Gasteiger partial charge in [0.1, 0.15) is 0 Å². The number of carboxylic acid groups (broad SMARTS) is 1. The number of rotatable bonds is 4. The zero-order valence-electron chi connectivity index (χ0n) is 10.8. The van der Waals surface area contributed by atoms with Gasteiger partial charge in [0.25, 0.3) is 0 Å². The molecule has 0 aliphatic heterocycles. The van der Waals surface area contributed by atoms with E-state index >= 15 is 0 Å². The number of aryl methyl sites for hydroxylation is 1. The Morgan fingerprint density at radius 2 is 2.10 bits per heavy atom. The minimum absolute atomic E-state index is 0.0672. The molecule has 4 nitrogen and oxygen atoms in total. The van der Waals surface area contributed by atoms with Crippen molar-refractivity contribution >= 4 is 29.5 Å². The molecule has 0 aromatic heterocycles. The minimum atomic E-state index is -1.32. The lowest BCUT2D eigenvalue weighted by atomic mass is 10.2. The van der Waals surface area contributed by atoms with E-state index < -0.39 is 5.97 Å². The van der Waals surface area contributed by atoms with Gasteiger partial charge >= 0.3 is 0 Å². The summed E-state index contributed by atoms with van der Waals surface area (Å²) in [6.45, 7) is 2.00. The van der Waals surface area contributed by atoms with Gasteiger partial charge in [0.15, 0.2) is 0 Å². The fraction of sp³-hybridized carbons (Fsp3) is 0.0667. The summed E-state index contributed by atoms with van der Waals surface area (Å²) in [4.78, 5) is 10.8. The number of nitrogens with zero attached hydrogens (tertiary/aromatic N) is 1. The monoisotopic (exact) mass is 287 g/mol. The topological polar surface area (TPSA) is 64.5 Å². The highest BCUT2D eigenvalue weighted by molar-refractivity contribution is 6.33. The van der Waals surface area contributed by atoms with Crippen LogP contribution < -0.4 is 10.5 Å². The molecule has 0 bridgehead atoms. The first kappa shape index (κ1) is 14.1. The third-order valence-electron chi connectivity index (χ3n) is 2.64. The molecule has 20 heavy (non-hydrogen) atoms. The molecule has 0 heterocycles. The van der Waals surface area contributed by atoms with E-state index in [1.165, 1.54) is 12.1 Å². The van der Waals surface area contributed by atoms with Gasteiger partial charge in [0.05, 0.1) is 17.9 Å². The van der Waals surface area contributed by atoms with Gasteiger partial charge in [0.2, 0.25) is 0 Å². The van der Waals surface area contributed by atoms with Crippen molar-refractivity contribution in [2.45, 2.75) is 6.92 Å². The number of carbonyl (C=O) groups is 1. The molecule has 0 fully saturated rings. The summed E-state index contributed by atoms with van der Waals surface area (Å²) in [5, 5.41) is 15.0. The average Bonchev–Trinajstić information content (AvgIpc) is 2.40. The number of hydrogen-bond acceptors (Lipinski definition) is 4. The Kier molecular flexibility index (Phi) is 4.38. The zero-order chi connectivity index (χ0) is 14.5. The van der Waals surface area contributed by atoms with Crippen LogP contribution in [0.1, 0.15) is 21.5 Å². The van der Waals surface area contributed by atoms with Gasteiger partial charge in [-0.05, 0) is 30.7 Å². The summed E-state index contributed by atoms with van der Waals surface area (Å²) >= 11 is 5.75. The standard InChI is InChI=1S/C15H13ClN2O2/c1-10-3-2-4-11(7-10)9-17-18-12-5-6-14(16)13(8-12)15(19)20/h2-9,18H,1H3,(H,19,20)/p-1/b17-9-. The Morgan fingerprint density at radius 1 is 1.30 bits per heavy atom. The molecule has 5 heteroatoms. The van der Waals surface area contributed by atoms with Gasteiger partial charge in [-0.25, -0.2) is 0 Å². The van der Waals surface area contributed by atoms with Gasteiger partial charge in [-0.15, -0.1) is 0 Å². The van der Waals surface area contributed by atoms with Gasteiger partial charge < -0.3 is 9.90 Å². The molecular formula is C15H12ClN2O2-. The Hall–Kier alpha value is -2.33. The van der Waals surface area contributed by atoms with Crippen LogP contribution in [0.5, 0.6) is 0 Å². The third kappa shape index (κ3) is 3.59. The molecule has 0 unspecified atom stereocenters. The maximum atomic E-state index is 10.8. The number of carbonyl (C=O) groups excluding carboxylic acids is 1. The fourth-order valence-electron chi connectivity index (χ4n) is 1.68.